The number of nitrogens with one attached hydrogen (secondary N) is 1. The number of methoxy groups -OCH3 is 1. The fourth-order valence-corrected chi connectivity index (χ4v) is 2.96. The van der Waals surface area contributed by atoms with Crippen molar-refractivity contribution in [3.63, 3.8) is 0 Å². The Hall–Kier alpha value is -2.27. The Morgan fingerprint density at radius 2 is 2.10 bits per heavy atom. The normalized spacial score (nSPS) is 10.7. The number of carbonyl (C=O) groups is 1. The van der Waals surface area contributed by atoms with Gasteiger partial charge in [-0.1, -0.05) is 30.0 Å². The van der Waals surface area contributed by atoms with Gasteiger partial charge in [0.2, 0.25) is 0 Å². The number of ether oxygens (including phenoxy) is 1. The average molecular weight is 284 g/mol. The number of hydrogen-bond acceptors (Lipinski definition) is 4. The van der Waals surface area contributed by atoms with Gasteiger partial charge in [-0.2, -0.15) is 0 Å². The highest BCUT2D eigenvalue weighted by Gasteiger charge is 2.15. The number of aromatic amines is 1. The molecule has 0 spiro atoms. The van der Waals surface area contributed by atoms with Crippen molar-refractivity contribution in [2.24, 2.45) is 0 Å². The van der Waals surface area contributed by atoms with E-state index in [0.717, 1.165) is 15.8 Å². The van der Waals surface area contributed by atoms with Crippen LogP contribution >= 0.6 is 11.8 Å². The van der Waals surface area contributed by atoms with Crippen LogP contribution in [0.5, 0.6) is 0 Å². The smallest absolute Gasteiger partial charge is 0.340 e. The van der Waals surface area contributed by atoms with E-state index in [4.69, 9.17) is 4.74 Å². The summed E-state index contributed by atoms with van der Waals surface area (Å²) in [5.74, 6) is -0.375. The van der Waals surface area contributed by atoms with E-state index in [1.807, 2.05) is 30.5 Å². The maximum Gasteiger partial charge on any atom is 0.340 e. The number of H-pyrrole nitrogens is 1. The summed E-state index contributed by atoms with van der Waals surface area (Å²) in [5, 5.41) is 1.75. The van der Waals surface area contributed by atoms with E-state index in [1.54, 1.807) is 18.3 Å². The predicted molar refractivity (Wildman–Crippen MR) is 78.0 cm³/mol. The standard InChI is InChI=1S/C15H12N2O2S/c1-19-15(18)11-6-4-8-16-14(11)20-13-9-17-12-7-3-2-5-10(12)13/h2-9,17H,1H3. The van der Waals surface area contributed by atoms with Gasteiger partial charge in [-0.3, -0.25) is 0 Å². The third-order valence-electron chi connectivity index (χ3n) is 2.93. The summed E-state index contributed by atoms with van der Waals surface area (Å²) in [4.78, 5) is 20.3. The zero-order valence-corrected chi connectivity index (χ0v) is 11.6. The first kappa shape index (κ1) is 12.7. The Morgan fingerprint density at radius 1 is 1.25 bits per heavy atom. The molecule has 0 saturated heterocycles. The topological polar surface area (TPSA) is 55.0 Å². The van der Waals surface area contributed by atoms with Gasteiger partial charge in [0, 0.05) is 28.2 Å². The Morgan fingerprint density at radius 3 is 2.95 bits per heavy atom. The molecule has 0 aliphatic heterocycles. The molecule has 0 bridgehead atoms. The maximum absolute atomic E-state index is 11.7. The van der Waals surface area contributed by atoms with Crippen molar-refractivity contribution < 1.29 is 9.53 Å². The third-order valence-corrected chi connectivity index (χ3v) is 4.01. The van der Waals surface area contributed by atoms with Crippen molar-refractivity contribution in [2.45, 2.75) is 9.92 Å². The van der Waals surface area contributed by atoms with Gasteiger partial charge < -0.3 is 9.72 Å². The van der Waals surface area contributed by atoms with Crippen LogP contribution in [0.3, 0.4) is 0 Å². The molecule has 2 heterocycles. The molecular formula is C15H12N2O2S. The molecule has 4 nitrogen and oxygen atoms in total. The largest absolute Gasteiger partial charge is 0.465 e. The van der Waals surface area contributed by atoms with Gasteiger partial charge in [0.1, 0.15) is 5.03 Å². The number of fused-ring (bicyclic) bond motifs is 1. The van der Waals surface area contributed by atoms with Gasteiger partial charge in [-0.05, 0) is 18.2 Å². The van der Waals surface area contributed by atoms with E-state index < -0.39 is 0 Å². The van der Waals surface area contributed by atoms with Crippen LogP contribution < -0.4 is 0 Å². The second-order valence-electron chi connectivity index (χ2n) is 4.15. The second-order valence-corrected chi connectivity index (χ2v) is 5.18. The second kappa shape index (κ2) is 5.38. The maximum atomic E-state index is 11.7. The Kier molecular flexibility index (Phi) is 3.43. The third kappa shape index (κ3) is 2.28. The summed E-state index contributed by atoms with van der Waals surface area (Å²) in [6, 6.07) is 11.5. The number of para-hydroxylation sites is 1. The molecule has 0 saturated carbocycles. The molecule has 2 aromatic heterocycles. The Bertz CT molecular complexity index is 767. The van der Waals surface area contributed by atoms with E-state index in [9.17, 15) is 4.79 Å². The van der Waals surface area contributed by atoms with Gasteiger partial charge in [-0.15, -0.1) is 0 Å². The molecule has 20 heavy (non-hydrogen) atoms. The number of carbonyl (C=O) groups excluding carboxylic acids is 1. The van der Waals surface area contributed by atoms with Gasteiger partial charge in [-0.25, -0.2) is 9.78 Å². The Balaban J connectivity index is 2.01. The molecule has 0 amide bonds. The van der Waals surface area contributed by atoms with Crippen molar-refractivity contribution in [3.8, 4) is 0 Å². The summed E-state index contributed by atoms with van der Waals surface area (Å²) in [5.41, 5.74) is 1.54. The van der Waals surface area contributed by atoms with Gasteiger partial charge in [0.15, 0.2) is 0 Å². The monoisotopic (exact) mass is 284 g/mol. The molecular weight excluding hydrogens is 272 g/mol. The molecule has 1 aromatic carbocycles. The summed E-state index contributed by atoms with van der Waals surface area (Å²) in [6.45, 7) is 0. The SMILES string of the molecule is COC(=O)c1cccnc1Sc1c[nH]c2ccccc12. The first-order valence-corrected chi connectivity index (χ1v) is 6.88. The summed E-state index contributed by atoms with van der Waals surface area (Å²) in [6.07, 6.45) is 3.59. The van der Waals surface area contributed by atoms with Crippen LogP contribution in [0.25, 0.3) is 10.9 Å². The van der Waals surface area contributed by atoms with E-state index in [-0.39, 0.29) is 5.97 Å². The van der Waals surface area contributed by atoms with Crippen LogP contribution in [-0.4, -0.2) is 23.0 Å². The van der Waals surface area contributed by atoms with Gasteiger partial charge >= 0.3 is 5.97 Å². The number of hydrogen-bond donors (Lipinski definition) is 1. The van der Waals surface area contributed by atoms with Gasteiger partial charge in [0.05, 0.1) is 12.7 Å². The summed E-state index contributed by atoms with van der Waals surface area (Å²) in [7, 11) is 1.37. The highest BCUT2D eigenvalue weighted by molar-refractivity contribution is 7.99. The van der Waals surface area contributed by atoms with Crippen LogP contribution in [-0.2, 0) is 4.74 Å². The van der Waals surface area contributed by atoms with Crippen LogP contribution in [0.1, 0.15) is 10.4 Å². The van der Waals surface area contributed by atoms with E-state index in [2.05, 4.69) is 9.97 Å². The first-order valence-electron chi connectivity index (χ1n) is 6.07. The molecule has 3 aromatic rings. The zero-order chi connectivity index (χ0) is 13.9. The number of rotatable bonds is 3. The quantitative estimate of drug-likeness (QED) is 0.748. The average Bonchev–Trinajstić information content (AvgIpc) is 2.90. The van der Waals surface area contributed by atoms with Gasteiger partial charge in [0.25, 0.3) is 0 Å². The molecule has 0 aliphatic rings. The minimum Gasteiger partial charge on any atom is -0.465 e. The molecule has 0 atom stereocenters. The van der Waals surface area contributed by atoms with Crippen LogP contribution in [0.4, 0.5) is 0 Å². The van der Waals surface area contributed by atoms with Crippen molar-refractivity contribution in [1.82, 2.24) is 9.97 Å². The fourth-order valence-electron chi connectivity index (χ4n) is 1.97. The molecule has 0 fully saturated rings. The van der Waals surface area contributed by atoms with Crippen molar-refractivity contribution >= 4 is 28.6 Å². The Labute approximate surface area is 120 Å². The van der Waals surface area contributed by atoms with Crippen LogP contribution in [0.15, 0.2) is 58.7 Å². The number of aromatic nitrogens is 2. The van der Waals surface area contributed by atoms with Crippen molar-refractivity contribution in [3.05, 3.63) is 54.4 Å². The lowest BCUT2D eigenvalue weighted by Gasteiger charge is -2.05. The number of nitrogens with zero attached hydrogens (tertiary/aromatic N) is 1. The molecule has 0 unspecified atom stereocenters. The van der Waals surface area contributed by atoms with Crippen LogP contribution in [0.2, 0.25) is 0 Å². The zero-order valence-electron chi connectivity index (χ0n) is 10.8. The number of esters is 1. The minimum absolute atomic E-state index is 0.375. The summed E-state index contributed by atoms with van der Waals surface area (Å²) < 4.78 is 4.78. The molecule has 0 radical (unpaired) electrons. The molecule has 5 heteroatoms. The molecule has 3 rings (SSSR count). The predicted octanol–water partition coefficient (Wildman–Crippen LogP) is 3.50. The number of benzene rings is 1. The highest BCUT2D eigenvalue weighted by atomic mass is 32.2. The van der Waals surface area contributed by atoms with Crippen LogP contribution in [0, 0.1) is 0 Å². The van der Waals surface area contributed by atoms with E-state index >= 15 is 0 Å². The lowest BCUT2D eigenvalue weighted by molar-refractivity contribution is 0.0596. The lowest BCUT2D eigenvalue weighted by Crippen LogP contribution is -2.03. The molecule has 100 valence electrons. The number of pyridine rings is 1. The molecule has 0 aliphatic carbocycles. The lowest BCUT2D eigenvalue weighted by atomic mass is 10.2. The fraction of sp³-hybridized carbons (Fsp3) is 0.0667. The van der Waals surface area contributed by atoms with E-state index in [1.165, 1.54) is 18.9 Å². The highest BCUT2D eigenvalue weighted by Crippen LogP contribution is 2.34. The van der Waals surface area contributed by atoms with E-state index in [0.29, 0.717) is 10.6 Å². The minimum atomic E-state index is -0.375. The summed E-state index contributed by atoms with van der Waals surface area (Å²) >= 11 is 1.45. The first-order chi connectivity index (χ1) is 9.79. The van der Waals surface area contributed by atoms with Crippen molar-refractivity contribution in [2.75, 3.05) is 7.11 Å². The van der Waals surface area contributed by atoms with Crippen molar-refractivity contribution in [1.29, 1.82) is 0 Å². The molecule has 1 N–H and O–H groups in total.